The van der Waals surface area contributed by atoms with Crippen LogP contribution in [0.3, 0.4) is 0 Å². The molecule has 4 heterocycles. The molecule has 1 aliphatic heterocycles. The summed E-state index contributed by atoms with van der Waals surface area (Å²) >= 11 is 0. The highest BCUT2D eigenvalue weighted by Gasteiger charge is 2.24. The van der Waals surface area contributed by atoms with Crippen LogP contribution in [-0.2, 0) is 0 Å². The van der Waals surface area contributed by atoms with Gasteiger partial charge in [-0.25, -0.2) is 24.9 Å². The Labute approximate surface area is 145 Å². The minimum atomic E-state index is 0.295. The van der Waals surface area contributed by atoms with Crippen LogP contribution < -0.4 is 10.2 Å². The van der Waals surface area contributed by atoms with Crippen molar-refractivity contribution in [3.63, 3.8) is 0 Å². The van der Waals surface area contributed by atoms with Gasteiger partial charge in [0.05, 0.1) is 11.9 Å². The highest BCUT2D eigenvalue weighted by Crippen LogP contribution is 2.27. The van der Waals surface area contributed by atoms with Crippen molar-refractivity contribution in [2.75, 3.05) is 23.3 Å². The molecule has 25 heavy (non-hydrogen) atoms. The fourth-order valence-corrected chi connectivity index (χ4v) is 2.97. The zero-order valence-corrected chi connectivity index (χ0v) is 13.7. The van der Waals surface area contributed by atoms with Crippen LogP contribution in [0.1, 0.15) is 24.5 Å². The molecule has 0 aromatic carbocycles. The lowest BCUT2D eigenvalue weighted by molar-refractivity contribution is 0.494. The minimum Gasteiger partial charge on any atom is -0.340 e. The fraction of sp³-hybridized carbons (Fsp3) is 0.294. The summed E-state index contributed by atoms with van der Waals surface area (Å²) in [5, 5.41) is 3.09. The molecule has 8 heteroatoms. The molecule has 0 radical (unpaired) electrons. The molecule has 126 valence electrons. The summed E-state index contributed by atoms with van der Waals surface area (Å²) in [6.45, 7) is 1.80. The third kappa shape index (κ3) is 3.68. The Hall–Kier alpha value is -3.16. The van der Waals surface area contributed by atoms with Gasteiger partial charge in [-0.2, -0.15) is 0 Å². The molecule has 3 aromatic rings. The number of hydrogen-bond acceptors (Lipinski definition) is 8. The quantitative estimate of drug-likeness (QED) is 0.776. The molecule has 0 bridgehead atoms. The van der Waals surface area contributed by atoms with Crippen LogP contribution in [0.4, 0.5) is 17.7 Å². The Morgan fingerprint density at radius 2 is 1.72 bits per heavy atom. The standard InChI is InChI=1S/C17H18N8/c1-4-13(12-25(9-1)17-21-7-3-8-22-17)14-10-18-11-15(23-14)24-16-19-5-2-6-20-16/h2-3,5-8,10-11,13H,1,4,9,12H2,(H,19,20,23,24). The number of anilines is 3. The van der Waals surface area contributed by atoms with Gasteiger partial charge in [0.25, 0.3) is 0 Å². The van der Waals surface area contributed by atoms with Crippen molar-refractivity contribution in [3.8, 4) is 0 Å². The van der Waals surface area contributed by atoms with Gasteiger partial charge in [-0.15, -0.1) is 0 Å². The second-order valence-electron chi connectivity index (χ2n) is 5.86. The summed E-state index contributed by atoms with van der Waals surface area (Å²) in [6.07, 6.45) is 12.6. The largest absolute Gasteiger partial charge is 0.340 e. The van der Waals surface area contributed by atoms with Crippen molar-refractivity contribution < 1.29 is 0 Å². The number of aromatic nitrogens is 6. The van der Waals surface area contributed by atoms with Crippen molar-refractivity contribution in [3.05, 3.63) is 55.0 Å². The molecule has 1 N–H and O–H groups in total. The van der Waals surface area contributed by atoms with E-state index in [0.717, 1.165) is 37.6 Å². The Morgan fingerprint density at radius 1 is 0.960 bits per heavy atom. The summed E-state index contributed by atoms with van der Waals surface area (Å²) < 4.78 is 0. The summed E-state index contributed by atoms with van der Waals surface area (Å²) in [6, 6.07) is 3.60. The fourth-order valence-electron chi connectivity index (χ4n) is 2.97. The lowest BCUT2D eigenvalue weighted by atomic mass is 9.95. The molecule has 1 atom stereocenters. The topological polar surface area (TPSA) is 92.6 Å². The van der Waals surface area contributed by atoms with E-state index in [0.29, 0.717) is 17.7 Å². The van der Waals surface area contributed by atoms with Gasteiger partial charge in [0, 0.05) is 50.0 Å². The van der Waals surface area contributed by atoms with Crippen LogP contribution in [0.5, 0.6) is 0 Å². The van der Waals surface area contributed by atoms with E-state index in [4.69, 9.17) is 4.98 Å². The first kappa shape index (κ1) is 15.4. The summed E-state index contributed by atoms with van der Waals surface area (Å²) in [5.41, 5.74) is 0.960. The zero-order valence-electron chi connectivity index (χ0n) is 13.7. The average Bonchev–Trinajstić information content (AvgIpc) is 2.70. The van der Waals surface area contributed by atoms with Gasteiger partial charge in [0.15, 0.2) is 5.82 Å². The Balaban J connectivity index is 1.50. The number of piperidine rings is 1. The number of nitrogens with zero attached hydrogens (tertiary/aromatic N) is 7. The first-order chi connectivity index (χ1) is 12.4. The minimum absolute atomic E-state index is 0.295. The van der Waals surface area contributed by atoms with Crippen LogP contribution >= 0.6 is 0 Å². The van der Waals surface area contributed by atoms with Crippen LogP contribution in [-0.4, -0.2) is 43.0 Å². The smallest absolute Gasteiger partial charge is 0.228 e. The van der Waals surface area contributed by atoms with E-state index in [9.17, 15) is 0 Å². The lowest BCUT2D eigenvalue weighted by Crippen LogP contribution is -2.35. The first-order valence-corrected chi connectivity index (χ1v) is 8.26. The van der Waals surface area contributed by atoms with Crippen molar-refractivity contribution in [2.45, 2.75) is 18.8 Å². The molecule has 1 saturated heterocycles. The number of hydrogen-bond donors (Lipinski definition) is 1. The third-order valence-electron chi connectivity index (χ3n) is 4.13. The van der Waals surface area contributed by atoms with E-state index in [1.54, 1.807) is 37.1 Å². The van der Waals surface area contributed by atoms with Crippen molar-refractivity contribution in [1.29, 1.82) is 0 Å². The molecule has 1 unspecified atom stereocenters. The molecule has 0 saturated carbocycles. The second kappa shape index (κ2) is 7.16. The van der Waals surface area contributed by atoms with Crippen molar-refractivity contribution >= 4 is 17.7 Å². The van der Waals surface area contributed by atoms with E-state index in [1.165, 1.54) is 0 Å². The molecule has 3 aromatic heterocycles. The maximum Gasteiger partial charge on any atom is 0.228 e. The SMILES string of the molecule is c1cnc(Nc2cncc(C3CCCN(c4ncccn4)C3)n2)nc1. The number of rotatable bonds is 4. The predicted octanol–water partition coefficient (Wildman–Crippen LogP) is 2.18. The van der Waals surface area contributed by atoms with Crippen LogP contribution in [0.15, 0.2) is 49.3 Å². The molecule has 1 aliphatic rings. The van der Waals surface area contributed by atoms with Gasteiger partial charge >= 0.3 is 0 Å². The summed E-state index contributed by atoms with van der Waals surface area (Å²) in [7, 11) is 0. The van der Waals surface area contributed by atoms with Gasteiger partial charge in [-0.1, -0.05) is 0 Å². The van der Waals surface area contributed by atoms with Crippen molar-refractivity contribution in [2.24, 2.45) is 0 Å². The summed E-state index contributed by atoms with van der Waals surface area (Å²) in [5.74, 6) is 2.23. The predicted molar refractivity (Wildman–Crippen MR) is 93.6 cm³/mol. The average molecular weight is 334 g/mol. The maximum absolute atomic E-state index is 4.70. The number of nitrogens with one attached hydrogen (secondary N) is 1. The molecule has 0 amide bonds. The Kier molecular flexibility index (Phi) is 4.40. The monoisotopic (exact) mass is 334 g/mol. The highest BCUT2D eigenvalue weighted by molar-refractivity contribution is 5.46. The Morgan fingerprint density at radius 3 is 2.52 bits per heavy atom. The van der Waals surface area contributed by atoms with E-state index in [1.807, 2.05) is 12.3 Å². The molecular weight excluding hydrogens is 316 g/mol. The second-order valence-corrected chi connectivity index (χ2v) is 5.86. The van der Waals surface area contributed by atoms with Gasteiger partial charge < -0.3 is 10.2 Å². The summed E-state index contributed by atoms with van der Waals surface area (Å²) in [4.78, 5) is 28.2. The van der Waals surface area contributed by atoms with Crippen LogP contribution in [0.2, 0.25) is 0 Å². The first-order valence-electron chi connectivity index (χ1n) is 8.26. The lowest BCUT2D eigenvalue weighted by Gasteiger charge is -2.32. The molecule has 1 fully saturated rings. The zero-order chi connectivity index (χ0) is 16.9. The van der Waals surface area contributed by atoms with Gasteiger partial charge in [0.2, 0.25) is 11.9 Å². The van der Waals surface area contributed by atoms with E-state index in [2.05, 4.69) is 35.1 Å². The van der Waals surface area contributed by atoms with Gasteiger partial charge in [-0.3, -0.25) is 4.98 Å². The van der Waals surface area contributed by atoms with Gasteiger partial charge in [-0.05, 0) is 25.0 Å². The molecular formula is C17H18N8. The third-order valence-corrected chi connectivity index (χ3v) is 4.13. The van der Waals surface area contributed by atoms with Crippen molar-refractivity contribution in [1.82, 2.24) is 29.9 Å². The molecule has 8 nitrogen and oxygen atoms in total. The van der Waals surface area contributed by atoms with Crippen LogP contribution in [0.25, 0.3) is 0 Å². The highest BCUT2D eigenvalue weighted by atomic mass is 15.3. The molecule has 4 rings (SSSR count). The van der Waals surface area contributed by atoms with Crippen LogP contribution in [0, 0.1) is 0 Å². The van der Waals surface area contributed by atoms with Gasteiger partial charge in [0.1, 0.15) is 0 Å². The van der Waals surface area contributed by atoms with E-state index in [-0.39, 0.29) is 0 Å². The maximum atomic E-state index is 4.70. The normalized spacial score (nSPS) is 17.3. The molecule has 0 aliphatic carbocycles. The van der Waals surface area contributed by atoms with E-state index < -0.39 is 0 Å². The Bertz CT molecular complexity index is 811. The molecule has 0 spiro atoms. The van der Waals surface area contributed by atoms with E-state index >= 15 is 0 Å².